The molecule has 6 rings (SSSR count). The molecule has 4 N–H and O–H groups in total. The summed E-state index contributed by atoms with van der Waals surface area (Å²) in [7, 11) is 0. The Kier molecular flexibility index (Phi) is 5.16. The second-order valence-corrected chi connectivity index (χ2v) is 15.1. The molecule has 0 aromatic rings. The second kappa shape index (κ2) is 7.39. The number of carbonyl (C=O) groups is 2. The maximum Gasteiger partial charge on any atom is 0.317 e. The summed E-state index contributed by atoms with van der Waals surface area (Å²) in [5, 5.41) is 43.8. The number of hydrogen-bond acceptors (Lipinski definition) is 6. The van der Waals surface area contributed by atoms with E-state index in [2.05, 4.69) is 40.7 Å². The van der Waals surface area contributed by atoms with Crippen LogP contribution in [0.3, 0.4) is 0 Å². The number of rotatable bonds is 2. The van der Waals surface area contributed by atoms with Crippen LogP contribution in [0.1, 0.15) is 86.0 Å². The Morgan fingerprint density at radius 1 is 1.03 bits per heavy atom. The number of aliphatic hydroxyl groups is 3. The van der Waals surface area contributed by atoms with Crippen LogP contribution in [0.25, 0.3) is 0 Å². The summed E-state index contributed by atoms with van der Waals surface area (Å²) >= 11 is 0. The zero-order valence-corrected chi connectivity index (χ0v) is 22.9. The van der Waals surface area contributed by atoms with E-state index in [4.69, 9.17) is 4.74 Å². The van der Waals surface area contributed by atoms with Crippen LogP contribution in [-0.2, 0) is 14.3 Å². The number of ether oxygens (including phenoxy) is 1. The number of allylic oxidation sites excluding steroid dienone is 2. The average Bonchev–Trinajstić information content (AvgIpc) is 2.96. The van der Waals surface area contributed by atoms with Gasteiger partial charge < -0.3 is 25.2 Å². The van der Waals surface area contributed by atoms with Gasteiger partial charge in [-0.25, -0.2) is 0 Å². The predicted octanol–water partition coefficient (Wildman–Crippen LogP) is 3.69. The second-order valence-electron chi connectivity index (χ2n) is 15.1. The first-order chi connectivity index (χ1) is 17.1. The molecule has 7 nitrogen and oxygen atoms in total. The number of carboxylic acids is 1. The van der Waals surface area contributed by atoms with Gasteiger partial charge in [0, 0.05) is 0 Å². The lowest BCUT2D eigenvalue weighted by Crippen LogP contribution is -2.69. The number of carboxylic acid groups (broad SMARTS) is 1. The summed E-state index contributed by atoms with van der Waals surface area (Å²) in [6, 6.07) is 0. The van der Waals surface area contributed by atoms with Crippen molar-refractivity contribution in [1.82, 2.24) is 0 Å². The average molecular weight is 517 g/mol. The van der Waals surface area contributed by atoms with Gasteiger partial charge in [0.25, 0.3) is 0 Å². The van der Waals surface area contributed by atoms with Crippen molar-refractivity contribution in [2.75, 3.05) is 6.61 Å². The van der Waals surface area contributed by atoms with Crippen LogP contribution in [0.15, 0.2) is 11.6 Å². The van der Waals surface area contributed by atoms with Crippen LogP contribution in [0.5, 0.6) is 0 Å². The molecule has 0 amide bonds. The number of fused-ring (bicyclic) bond motifs is 10. The molecular weight excluding hydrogens is 472 g/mol. The molecule has 11 atom stereocenters. The van der Waals surface area contributed by atoms with Gasteiger partial charge in [0.1, 0.15) is 23.0 Å². The van der Waals surface area contributed by atoms with Crippen molar-refractivity contribution in [3.8, 4) is 0 Å². The van der Waals surface area contributed by atoms with Gasteiger partial charge in [-0.2, -0.15) is 0 Å². The first-order valence-corrected chi connectivity index (χ1v) is 14.3. The fraction of sp³-hybridized carbons (Fsp3) is 0.867. The molecule has 206 valence electrons. The minimum atomic E-state index is -1.28. The van der Waals surface area contributed by atoms with Crippen molar-refractivity contribution in [3.05, 3.63) is 11.6 Å². The lowest BCUT2D eigenvalue weighted by atomic mass is 9.33. The molecule has 37 heavy (non-hydrogen) atoms. The SMILES string of the molecule is CC1(C)CC[C@]2(C(=O)O)[C@H](O)C[C@]3(C)C(=CCC4[C@@]5(C)C[C@@H]6OC(=O)[C@@](CO)(C5CC[C@]43C)[C@H]6O)[C@@H]2C1. The van der Waals surface area contributed by atoms with Crippen molar-refractivity contribution >= 4 is 11.9 Å². The number of aliphatic hydroxyl groups excluding tert-OH is 3. The summed E-state index contributed by atoms with van der Waals surface area (Å²) in [6.45, 7) is 10.8. The lowest BCUT2D eigenvalue weighted by Gasteiger charge is -2.71. The maximum absolute atomic E-state index is 13.1. The molecule has 2 bridgehead atoms. The van der Waals surface area contributed by atoms with Crippen LogP contribution in [-0.4, -0.2) is 57.3 Å². The van der Waals surface area contributed by atoms with E-state index >= 15 is 0 Å². The quantitative estimate of drug-likeness (QED) is 0.326. The van der Waals surface area contributed by atoms with Gasteiger partial charge in [0.05, 0.1) is 12.7 Å². The number of aliphatic carboxylic acids is 1. The third-order valence-corrected chi connectivity index (χ3v) is 13.4. The fourth-order valence-electron chi connectivity index (χ4n) is 11.2. The van der Waals surface area contributed by atoms with Crippen molar-refractivity contribution in [2.45, 2.75) is 104 Å². The number of hydrogen-bond donors (Lipinski definition) is 4. The summed E-state index contributed by atoms with van der Waals surface area (Å²) in [5.74, 6) is -1.58. The summed E-state index contributed by atoms with van der Waals surface area (Å²) in [6.07, 6.45) is 5.04. The van der Waals surface area contributed by atoms with Crippen molar-refractivity contribution in [2.24, 2.45) is 50.2 Å². The zero-order chi connectivity index (χ0) is 27.0. The highest BCUT2D eigenvalue weighted by atomic mass is 16.6. The molecule has 0 spiro atoms. The molecular formula is C30H44O7. The molecule has 0 aromatic carbocycles. The Bertz CT molecular complexity index is 1080. The van der Waals surface area contributed by atoms with Gasteiger partial charge in [-0.05, 0) is 90.8 Å². The van der Waals surface area contributed by atoms with E-state index in [0.717, 1.165) is 25.7 Å². The summed E-state index contributed by atoms with van der Waals surface area (Å²) < 4.78 is 5.67. The summed E-state index contributed by atoms with van der Waals surface area (Å²) in [5.41, 5.74) is -2.13. The third kappa shape index (κ3) is 2.74. The predicted molar refractivity (Wildman–Crippen MR) is 135 cm³/mol. The Hall–Kier alpha value is -1.44. The largest absolute Gasteiger partial charge is 0.481 e. The first-order valence-electron chi connectivity index (χ1n) is 14.3. The molecule has 5 aliphatic carbocycles. The Morgan fingerprint density at radius 3 is 2.38 bits per heavy atom. The van der Waals surface area contributed by atoms with Crippen molar-refractivity contribution < 1.29 is 34.8 Å². The molecule has 1 heterocycles. The molecule has 5 fully saturated rings. The van der Waals surface area contributed by atoms with Crippen molar-refractivity contribution in [3.63, 3.8) is 0 Å². The van der Waals surface area contributed by atoms with Crippen LogP contribution < -0.4 is 0 Å². The normalized spacial score (nSPS) is 55.7. The lowest BCUT2D eigenvalue weighted by molar-refractivity contribution is -0.222. The first kappa shape index (κ1) is 25.8. The highest BCUT2D eigenvalue weighted by Crippen LogP contribution is 2.76. The molecule has 0 aromatic heterocycles. The van der Waals surface area contributed by atoms with Crippen LogP contribution in [0.2, 0.25) is 0 Å². The molecule has 1 aliphatic heterocycles. The fourth-order valence-corrected chi connectivity index (χ4v) is 11.2. The van der Waals surface area contributed by atoms with E-state index in [-0.39, 0.29) is 39.4 Å². The minimum Gasteiger partial charge on any atom is -0.481 e. The Morgan fingerprint density at radius 2 is 1.73 bits per heavy atom. The van der Waals surface area contributed by atoms with Gasteiger partial charge in [-0.3, -0.25) is 9.59 Å². The molecule has 6 aliphatic rings. The minimum absolute atomic E-state index is 0.00767. The molecule has 2 unspecified atom stereocenters. The Balaban J connectivity index is 1.48. The molecule has 7 heteroatoms. The maximum atomic E-state index is 13.1. The van der Waals surface area contributed by atoms with Crippen LogP contribution >= 0.6 is 0 Å². The molecule has 0 radical (unpaired) electrons. The highest BCUT2D eigenvalue weighted by molar-refractivity contribution is 5.82. The van der Waals surface area contributed by atoms with E-state index in [1.54, 1.807) is 0 Å². The van der Waals surface area contributed by atoms with Gasteiger partial charge >= 0.3 is 11.9 Å². The monoisotopic (exact) mass is 516 g/mol. The summed E-state index contributed by atoms with van der Waals surface area (Å²) in [4.78, 5) is 25.9. The standard InChI is InChI=1S/C30H44O7/c1-25(2)10-11-29(23(34)35)17(12-25)16-6-7-19-26(3)13-18-22(33)30(15-31,24(36)37-18)20(26)8-9-27(19,4)28(16,5)14-21(29)32/h6,17-22,31-33H,7-15H2,1-5H3,(H,34,35)/t17-,18-,19?,20?,21+,22-,26+,27+,28+,29+,30-/m0/s1. The van der Waals surface area contributed by atoms with Crippen LogP contribution in [0.4, 0.5) is 0 Å². The van der Waals surface area contributed by atoms with Gasteiger partial charge in [-0.15, -0.1) is 0 Å². The molecule has 1 saturated heterocycles. The van der Waals surface area contributed by atoms with Gasteiger partial charge in [0.15, 0.2) is 0 Å². The zero-order valence-electron chi connectivity index (χ0n) is 22.9. The van der Waals surface area contributed by atoms with E-state index in [1.807, 2.05) is 0 Å². The molecule has 4 saturated carbocycles. The topological polar surface area (TPSA) is 124 Å². The Labute approximate surface area is 219 Å². The van der Waals surface area contributed by atoms with E-state index in [1.165, 1.54) is 5.57 Å². The van der Waals surface area contributed by atoms with E-state index < -0.39 is 47.7 Å². The van der Waals surface area contributed by atoms with Crippen molar-refractivity contribution in [1.29, 1.82) is 0 Å². The van der Waals surface area contributed by atoms with Gasteiger partial charge in [0.2, 0.25) is 0 Å². The number of carbonyl (C=O) groups excluding carboxylic acids is 1. The third-order valence-electron chi connectivity index (χ3n) is 13.4. The number of esters is 1. The highest BCUT2D eigenvalue weighted by Gasteiger charge is 2.76. The smallest absolute Gasteiger partial charge is 0.317 e. The van der Waals surface area contributed by atoms with E-state index in [9.17, 15) is 30.0 Å². The van der Waals surface area contributed by atoms with Crippen LogP contribution in [0, 0.1) is 50.2 Å². The van der Waals surface area contributed by atoms with E-state index in [0.29, 0.717) is 25.7 Å². The van der Waals surface area contributed by atoms with Gasteiger partial charge in [-0.1, -0.05) is 46.3 Å².